The van der Waals surface area contributed by atoms with Gasteiger partial charge in [-0.1, -0.05) is 24.3 Å². The first-order valence-corrected chi connectivity index (χ1v) is 10.4. The van der Waals surface area contributed by atoms with Gasteiger partial charge in [0.1, 0.15) is 5.75 Å². The number of nitrogens with one attached hydrogen (secondary N) is 2. The van der Waals surface area contributed by atoms with Gasteiger partial charge in [-0.2, -0.15) is 0 Å². The Morgan fingerprint density at radius 2 is 1.87 bits per heavy atom. The fourth-order valence-electron chi connectivity index (χ4n) is 3.08. The van der Waals surface area contributed by atoms with Crippen LogP contribution in [0.4, 0.5) is 5.69 Å². The molecule has 2 aromatic carbocycles. The number of anilines is 1. The summed E-state index contributed by atoms with van der Waals surface area (Å²) in [6.45, 7) is 5.07. The summed E-state index contributed by atoms with van der Waals surface area (Å²) in [4.78, 5) is 24.2. The van der Waals surface area contributed by atoms with Gasteiger partial charge < -0.3 is 19.8 Å². The van der Waals surface area contributed by atoms with Crippen molar-refractivity contribution >= 4 is 17.5 Å². The average Bonchev–Trinajstić information content (AvgIpc) is 3.30. The van der Waals surface area contributed by atoms with Crippen molar-refractivity contribution in [3.05, 3.63) is 83.3 Å². The fourth-order valence-corrected chi connectivity index (χ4v) is 3.08. The van der Waals surface area contributed by atoms with Gasteiger partial charge in [-0.05, 0) is 73.7 Å². The van der Waals surface area contributed by atoms with E-state index in [1.807, 2.05) is 38.1 Å². The van der Waals surface area contributed by atoms with Gasteiger partial charge in [-0.3, -0.25) is 9.59 Å². The summed E-state index contributed by atoms with van der Waals surface area (Å²) in [6, 6.07) is 16.8. The third kappa shape index (κ3) is 7.03. The highest BCUT2D eigenvalue weighted by Gasteiger charge is 2.09. The Morgan fingerprint density at radius 1 is 1.00 bits per heavy atom. The van der Waals surface area contributed by atoms with Crippen LogP contribution >= 0.6 is 0 Å². The zero-order chi connectivity index (χ0) is 22.1. The van der Waals surface area contributed by atoms with Gasteiger partial charge in [-0.25, -0.2) is 0 Å². The van der Waals surface area contributed by atoms with E-state index in [1.165, 1.54) is 11.8 Å². The van der Waals surface area contributed by atoms with E-state index >= 15 is 0 Å². The Morgan fingerprint density at radius 3 is 2.68 bits per heavy atom. The molecular formula is C25H28N2O4. The van der Waals surface area contributed by atoms with E-state index in [0.717, 1.165) is 29.7 Å². The Kier molecular flexibility index (Phi) is 7.87. The van der Waals surface area contributed by atoms with Crippen molar-refractivity contribution < 1.29 is 18.7 Å². The molecule has 0 saturated carbocycles. The molecule has 1 aromatic heterocycles. The van der Waals surface area contributed by atoms with E-state index in [-0.39, 0.29) is 17.6 Å². The number of carbonyl (C=O) groups excluding carboxylic acids is 2. The molecule has 0 radical (unpaired) electrons. The molecule has 31 heavy (non-hydrogen) atoms. The van der Waals surface area contributed by atoms with Crippen LogP contribution in [0.25, 0.3) is 0 Å². The number of benzene rings is 2. The molecule has 0 atom stereocenters. The van der Waals surface area contributed by atoms with Crippen molar-refractivity contribution in [2.24, 2.45) is 0 Å². The second-order valence-corrected chi connectivity index (χ2v) is 7.48. The first kappa shape index (κ1) is 22.2. The fraction of sp³-hybridized carbons (Fsp3) is 0.280. The van der Waals surface area contributed by atoms with Gasteiger partial charge in [0.15, 0.2) is 5.76 Å². The average molecular weight is 421 g/mol. The molecule has 0 aliphatic heterocycles. The zero-order valence-corrected chi connectivity index (χ0v) is 17.9. The lowest BCUT2D eigenvalue weighted by molar-refractivity contribution is -0.121. The summed E-state index contributed by atoms with van der Waals surface area (Å²) < 4.78 is 10.9. The predicted octanol–water partition coefficient (Wildman–Crippen LogP) is 5.01. The van der Waals surface area contributed by atoms with Crippen molar-refractivity contribution in [3.8, 4) is 5.75 Å². The van der Waals surface area contributed by atoms with Gasteiger partial charge in [-0.15, -0.1) is 0 Å². The van der Waals surface area contributed by atoms with Crippen LogP contribution in [-0.2, 0) is 11.3 Å². The third-order valence-corrected chi connectivity index (χ3v) is 4.82. The van der Waals surface area contributed by atoms with Crippen molar-refractivity contribution in [2.45, 2.75) is 39.7 Å². The summed E-state index contributed by atoms with van der Waals surface area (Å²) in [5.41, 5.74) is 3.84. The monoisotopic (exact) mass is 420 g/mol. The normalized spacial score (nSPS) is 10.5. The molecule has 0 spiro atoms. The Hall–Kier alpha value is -3.54. The summed E-state index contributed by atoms with van der Waals surface area (Å²) in [5, 5.41) is 5.70. The smallest absolute Gasteiger partial charge is 0.291 e. The number of unbranched alkanes of at least 4 members (excludes halogenated alkanes) is 1. The number of ether oxygens (including phenoxy) is 1. The van der Waals surface area contributed by atoms with Crippen LogP contribution in [0.3, 0.4) is 0 Å². The zero-order valence-electron chi connectivity index (χ0n) is 17.9. The van der Waals surface area contributed by atoms with E-state index in [0.29, 0.717) is 25.3 Å². The Bertz CT molecular complexity index is 1010. The molecule has 2 N–H and O–H groups in total. The lowest BCUT2D eigenvalue weighted by Gasteiger charge is -2.10. The molecule has 0 bridgehead atoms. The van der Waals surface area contributed by atoms with Crippen LogP contribution in [-0.4, -0.2) is 18.4 Å². The lowest BCUT2D eigenvalue weighted by Crippen LogP contribution is -2.22. The highest BCUT2D eigenvalue weighted by molar-refractivity contribution is 6.02. The maximum absolute atomic E-state index is 12.1. The lowest BCUT2D eigenvalue weighted by atomic mass is 10.1. The number of amides is 2. The predicted molar refractivity (Wildman–Crippen MR) is 120 cm³/mol. The molecule has 0 unspecified atom stereocenters. The van der Waals surface area contributed by atoms with Crippen LogP contribution < -0.4 is 15.4 Å². The Labute approximate surface area is 182 Å². The molecule has 6 heteroatoms. The number of hydrogen-bond acceptors (Lipinski definition) is 4. The van der Waals surface area contributed by atoms with E-state index in [4.69, 9.17) is 9.15 Å². The van der Waals surface area contributed by atoms with E-state index in [1.54, 1.807) is 18.2 Å². The van der Waals surface area contributed by atoms with E-state index in [2.05, 4.69) is 22.8 Å². The molecule has 1 heterocycles. The molecule has 3 aromatic rings. The molecule has 0 saturated heterocycles. The summed E-state index contributed by atoms with van der Waals surface area (Å²) >= 11 is 0. The van der Waals surface area contributed by atoms with Crippen LogP contribution in [0.15, 0.2) is 65.3 Å². The van der Waals surface area contributed by atoms with Crippen LogP contribution in [0, 0.1) is 13.8 Å². The number of rotatable bonds is 10. The molecular weight excluding hydrogens is 392 g/mol. The van der Waals surface area contributed by atoms with Crippen molar-refractivity contribution in [3.63, 3.8) is 0 Å². The molecule has 3 rings (SSSR count). The van der Waals surface area contributed by atoms with E-state index in [9.17, 15) is 9.59 Å². The molecule has 0 fully saturated rings. The van der Waals surface area contributed by atoms with Gasteiger partial charge >= 0.3 is 0 Å². The molecule has 2 amide bonds. The van der Waals surface area contributed by atoms with Gasteiger partial charge in [0.2, 0.25) is 5.91 Å². The van der Waals surface area contributed by atoms with E-state index < -0.39 is 0 Å². The summed E-state index contributed by atoms with van der Waals surface area (Å²) in [7, 11) is 0. The highest BCUT2D eigenvalue weighted by Crippen LogP contribution is 2.19. The van der Waals surface area contributed by atoms with Crippen molar-refractivity contribution in [1.29, 1.82) is 0 Å². The van der Waals surface area contributed by atoms with Crippen LogP contribution in [0.5, 0.6) is 5.75 Å². The van der Waals surface area contributed by atoms with Crippen molar-refractivity contribution in [1.82, 2.24) is 5.32 Å². The van der Waals surface area contributed by atoms with Crippen molar-refractivity contribution in [2.75, 3.05) is 11.9 Å². The quantitative estimate of drug-likeness (QED) is 0.452. The Balaban J connectivity index is 1.36. The minimum atomic E-state index is -0.311. The maximum atomic E-state index is 12.1. The SMILES string of the molecule is Cc1ccc(C)c(OCCCCC(=O)NCc2cccc(NC(=O)c3ccco3)c2)c1. The topological polar surface area (TPSA) is 80.6 Å². The maximum Gasteiger partial charge on any atom is 0.291 e. The molecule has 0 aliphatic rings. The molecule has 162 valence electrons. The van der Waals surface area contributed by atoms with Crippen LogP contribution in [0.1, 0.15) is 46.5 Å². The second-order valence-electron chi connectivity index (χ2n) is 7.48. The summed E-state index contributed by atoms with van der Waals surface area (Å²) in [6.07, 6.45) is 3.48. The number of carbonyl (C=O) groups is 2. The standard InChI is InChI=1S/C25H28N2O4/c1-18-11-12-19(2)23(15-18)31-13-4-3-10-24(28)26-17-20-7-5-8-21(16-20)27-25(29)22-9-6-14-30-22/h5-9,11-12,14-16H,3-4,10,13,17H2,1-2H3,(H,26,28)(H,27,29). The van der Waals surface area contributed by atoms with Crippen LogP contribution in [0.2, 0.25) is 0 Å². The minimum absolute atomic E-state index is 0.00300. The van der Waals surface area contributed by atoms with Gasteiger partial charge in [0, 0.05) is 18.7 Å². The first-order valence-electron chi connectivity index (χ1n) is 10.4. The number of furan rings is 1. The number of aryl methyl sites for hydroxylation is 2. The summed E-state index contributed by atoms with van der Waals surface area (Å²) in [5.74, 6) is 0.842. The van der Waals surface area contributed by atoms with Gasteiger partial charge in [0.25, 0.3) is 5.91 Å². The molecule has 0 aliphatic carbocycles. The highest BCUT2D eigenvalue weighted by atomic mass is 16.5. The first-order chi connectivity index (χ1) is 15.0. The second kappa shape index (κ2) is 11.0. The largest absolute Gasteiger partial charge is 0.493 e. The number of hydrogen-bond donors (Lipinski definition) is 2. The third-order valence-electron chi connectivity index (χ3n) is 4.82. The van der Waals surface area contributed by atoms with Gasteiger partial charge in [0.05, 0.1) is 12.9 Å². The molecule has 6 nitrogen and oxygen atoms in total. The minimum Gasteiger partial charge on any atom is -0.493 e.